The molecular weight excluding hydrogens is 911 g/mol. The first-order valence-corrected chi connectivity index (χ1v) is 24.3. The van der Waals surface area contributed by atoms with Gasteiger partial charge in [0.15, 0.2) is 23.3 Å². The summed E-state index contributed by atoms with van der Waals surface area (Å²) in [5.41, 5.74) is 14.2. The normalized spacial score (nSPS) is 11.5. The highest BCUT2D eigenvalue weighted by molar-refractivity contribution is 6.11. The number of aromatic nitrogens is 11. The van der Waals surface area contributed by atoms with Crippen molar-refractivity contribution < 1.29 is 0 Å². The Morgan fingerprint density at radius 2 is 0.635 bits per heavy atom. The highest BCUT2D eigenvalue weighted by Gasteiger charge is 2.19. The minimum atomic E-state index is 0.451. The molecule has 6 aromatic carbocycles. The summed E-state index contributed by atoms with van der Waals surface area (Å²) in [6, 6.07) is 74.1. The van der Waals surface area contributed by atoms with Gasteiger partial charge in [-0.15, -0.1) is 0 Å². The Morgan fingerprint density at radius 1 is 0.230 bits per heavy atom. The molecule has 346 valence electrons. The summed E-state index contributed by atoms with van der Waals surface area (Å²) in [4.78, 5) is 44.0. The van der Waals surface area contributed by atoms with Gasteiger partial charge in [0.2, 0.25) is 0 Å². The van der Waals surface area contributed by atoms with Crippen LogP contribution in [0.5, 0.6) is 0 Å². The van der Waals surface area contributed by atoms with Crippen molar-refractivity contribution in [2.75, 3.05) is 0 Å². The van der Waals surface area contributed by atoms with Gasteiger partial charge in [-0.1, -0.05) is 84.9 Å². The van der Waals surface area contributed by atoms with Gasteiger partial charge in [-0.05, 0) is 133 Å². The highest BCUT2D eigenvalue weighted by atomic mass is 15.1. The van der Waals surface area contributed by atoms with E-state index in [4.69, 9.17) is 29.9 Å². The van der Waals surface area contributed by atoms with Crippen molar-refractivity contribution in [2.45, 2.75) is 0 Å². The van der Waals surface area contributed by atoms with Crippen LogP contribution < -0.4 is 0 Å². The van der Waals surface area contributed by atoms with Crippen molar-refractivity contribution in [3.8, 4) is 91.2 Å². The fourth-order valence-electron chi connectivity index (χ4n) is 9.95. The van der Waals surface area contributed by atoms with Crippen LogP contribution in [-0.2, 0) is 0 Å². The number of para-hydroxylation sites is 3. The molecule has 74 heavy (non-hydrogen) atoms. The zero-order chi connectivity index (χ0) is 49.0. The van der Waals surface area contributed by atoms with E-state index >= 15 is 0 Å². The number of pyridine rings is 4. The van der Waals surface area contributed by atoms with Gasteiger partial charge in [-0.25, -0.2) is 29.9 Å². The second-order valence-corrected chi connectivity index (χ2v) is 17.9. The fraction of sp³-hybridized carbons (Fsp3) is 0. The van der Waals surface area contributed by atoms with E-state index in [0.29, 0.717) is 34.7 Å². The molecule has 0 radical (unpaired) electrons. The number of nitrogens with zero attached hydrogens (tertiary/aromatic N) is 11. The minimum Gasteiger partial charge on any atom is -0.309 e. The molecule has 0 spiro atoms. The van der Waals surface area contributed by atoms with Crippen LogP contribution in [-0.4, -0.2) is 54.0 Å². The van der Waals surface area contributed by atoms with Crippen molar-refractivity contribution in [2.24, 2.45) is 0 Å². The molecule has 14 rings (SSSR count). The Morgan fingerprint density at radius 3 is 1.16 bits per heavy atom. The van der Waals surface area contributed by atoms with Crippen LogP contribution in [0.15, 0.2) is 237 Å². The summed E-state index contributed by atoms with van der Waals surface area (Å²) in [6.07, 6.45) is 5.30. The summed E-state index contributed by atoms with van der Waals surface area (Å²) in [5, 5.41) is 4.66. The Balaban J connectivity index is 0.818. The van der Waals surface area contributed by atoms with Gasteiger partial charge in [-0.3, -0.25) is 15.0 Å². The minimum absolute atomic E-state index is 0.451. The fourth-order valence-corrected chi connectivity index (χ4v) is 9.95. The summed E-state index contributed by atoms with van der Waals surface area (Å²) >= 11 is 0. The van der Waals surface area contributed by atoms with E-state index in [1.54, 1.807) is 18.6 Å². The Bertz CT molecular complexity index is 4290. The first-order chi connectivity index (χ1) is 36.7. The predicted octanol–water partition coefficient (Wildman–Crippen LogP) is 14.1. The number of fused-ring (bicyclic) bond motifs is 6. The lowest BCUT2D eigenvalue weighted by atomic mass is 10.1. The molecule has 0 aliphatic rings. The van der Waals surface area contributed by atoms with E-state index in [0.717, 1.165) is 89.4 Å². The molecule has 0 aliphatic carbocycles. The Hall–Kier alpha value is -10.4. The number of rotatable bonds is 9. The molecule has 0 N–H and O–H groups in total. The molecule has 0 bridgehead atoms. The van der Waals surface area contributed by atoms with E-state index in [-0.39, 0.29) is 0 Å². The van der Waals surface area contributed by atoms with Gasteiger partial charge >= 0.3 is 0 Å². The number of benzene rings is 6. The second-order valence-electron chi connectivity index (χ2n) is 17.9. The molecule has 11 heteroatoms. The average molecular weight is 950 g/mol. The average Bonchev–Trinajstić information content (AvgIpc) is 4.02. The third-order valence-electron chi connectivity index (χ3n) is 13.4. The van der Waals surface area contributed by atoms with Gasteiger partial charge in [-0.2, -0.15) is 0 Å². The van der Waals surface area contributed by atoms with Gasteiger partial charge < -0.3 is 9.13 Å². The number of hydrogen-bond acceptors (Lipinski definition) is 9. The molecule has 0 saturated heterocycles. The van der Waals surface area contributed by atoms with Crippen LogP contribution in [0.4, 0.5) is 0 Å². The molecule has 0 amide bonds. The highest BCUT2D eigenvalue weighted by Crippen LogP contribution is 2.37. The molecule has 11 nitrogen and oxygen atoms in total. The van der Waals surface area contributed by atoms with E-state index in [9.17, 15) is 0 Å². The molecule has 0 unspecified atom stereocenters. The maximum Gasteiger partial charge on any atom is 0.182 e. The van der Waals surface area contributed by atoms with Crippen molar-refractivity contribution in [1.29, 1.82) is 0 Å². The topological polar surface area (TPSA) is 126 Å². The summed E-state index contributed by atoms with van der Waals surface area (Å²) in [5.74, 6) is 2.03. The summed E-state index contributed by atoms with van der Waals surface area (Å²) < 4.78 is 4.60. The first kappa shape index (κ1) is 42.5. The molecule has 0 fully saturated rings. The third-order valence-corrected chi connectivity index (χ3v) is 13.4. The standard InChI is InChI=1S/C63H39N11/c1-4-22-56-45(14-1)46-15-2-5-23-57(46)73(56)43-32-27-41(28-33-43)61-70-62(52-19-9-12-37-66-52)72-63(71-61)53-21-13-20-49(67-53)42-29-34-59-48(38-42)47-16-3-6-24-58(47)74(59)44-30-25-40(26-31-44)60-68-54(50-17-7-10-35-64-50)39-55(69-60)51-18-8-11-36-65-51/h1-39H. The van der Waals surface area contributed by atoms with Gasteiger partial charge in [0.05, 0.1) is 50.5 Å². The molecule has 14 aromatic rings. The van der Waals surface area contributed by atoms with E-state index < -0.39 is 0 Å². The molecule has 0 saturated carbocycles. The van der Waals surface area contributed by atoms with E-state index in [1.165, 1.54) is 10.8 Å². The molecule has 8 heterocycles. The maximum atomic E-state index is 5.23. The Labute approximate surface area is 423 Å². The van der Waals surface area contributed by atoms with Crippen LogP contribution in [0.1, 0.15) is 0 Å². The zero-order valence-corrected chi connectivity index (χ0v) is 39.4. The van der Waals surface area contributed by atoms with Crippen LogP contribution >= 0.6 is 0 Å². The predicted molar refractivity (Wildman–Crippen MR) is 293 cm³/mol. The largest absolute Gasteiger partial charge is 0.309 e. The smallest absolute Gasteiger partial charge is 0.182 e. The first-order valence-electron chi connectivity index (χ1n) is 24.3. The van der Waals surface area contributed by atoms with Gasteiger partial charge in [0.25, 0.3) is 0 Å². The zero-order valence-electron chi connectivity index (χ0n) is 39.4. The quantitative estimate of drug-likeness (QED) is 0.139. The Kier molecular flexibility index (Phi) is 10.2. The van der Waals surface area contributed by atoms with Crippen LogP contribution in [0, 0.1) is 0 Å². The summed E-state index contributed by atoms with van der Waals surface area (Å²) in [6.45, 7) is 0. The molecule has 0 atom stereocenters. The van der Waals surface area contributed by atoms with E-state index in [1.807, 2.05) is 78.9 Å². The van der Waals surface area contributed by atoms with Crippen molar-refractivity contribution >= 4 is 43.6 Å². The van der Waals surface area contributed by atoms with Gasteiger partial charge in [0.1, 0.15) is 11.4 Å². The van der Waals surface area contributed by atoms with Crippen molar-refractivity contribution in [3.63, 3.8) is 0 Å². The molecule has 0 aliphatic heterocycles. The van der Waals surface area contributed by atoms with Crippen LogP contribution in [0.3, 0.4) is 0 Å². The molecular formula is C63H39N11. The second kappa shape index (κ2) is 17.8. The lowest BCUT2D eigenvalue weighted by molar-refractivity contribution is 1.05. The lowest BCUT2D eigenvalue weighted by Gasteiger charge is -2.11. The monoisotopic (exact) mass is 949 g/mol. The number of hydrogen-bond donors (Lipinski definition) is 0. The van der Waals surface area contributed by atoms with E-state index in [2.05, 4.69) is 164 Å². The maximum absolute atomic E-state index is 5.23. The van der Waals surface area contributed by atoms with Crippen molar-refractivity contribution in [3.05, 3.63) is 237 Å². The van der Waals surface area contributed by atoms with Crippen LogP contribution in [0.2, 0.25) is 0 Å². The molecule has 8 aromatic heterocycles. The van der Waals surface area contributed by atoms with Crippen LogP contribution in [0.25, 0.3) is 135 Å². The summed E-state index contributed by atoms with van der Waals surface area (Å²) in [7, 11) is 0. The van der Waals surface area contributed by atoms with Gasteiger partial charge in [0, 0.05) is 68.2 Å². The SMILES string of the molecule is c1ccc(-c2cc(-c3ccccn3)nc(-c3ccc(-n4c5ccccc5c5cc(-c6cccc(-c7nc(-c8ccc(-n9c%10ccccc%10c%10ccccc%109)cc8)nc(-c8ccccn8)n7)n6)ccc54)cc3)n2)nc1. The third kappa shape index (κ3) is 7.51. The lowest BCUT2D eigenvalue weighted by Crippen LogP contribution is -2.02. The van der Waals surface area contributed by atoms with Crippen molar-refractivity contribution in [1.82, 2.24) is 54.0 Å².